The van der Waals surface area contributed by atoms with Gasteiger partial charge in [0.25, 0.3) is 5.91 Å². The molecule has 1 aromatic heterocycles. The Bertz CT molecular complexity index is 1330. The zero-order valence-corrected chi connectivity index (χ0v) is 18.0. The van der Waals surface area contributed by atoms with E-state index in [-0.39, 0.29) is 10.8 Å². The Balaban J connectivity index is 1.58. The van der Waals surface area contributed by atoms with Gasteiger partial charge in [0, 0.05) is 5.56 Å². The number of carbonyl (C=O) groups is 1. The van der Waals surface area contributed by atoms with Crippen molar-refractivity contribution in [2.75, 3.05) is 10.7 Å². The first-order valence-electron chi connectivity index (χ1n) is 9.86. The molecular formula is C24H17N7OS. The Labute approximate surface area is 194 Å². The summed E-state index contributed by atoms with van der Waals surface area (Å²) in [7, 11) is 0. The minimum Gasteiger partial charge on any atom is -0.296 e. The molecule has 2 N–H and O–H groups in total. The van der Waals surface area contributed by atoms with Crippen molar-refractivity contribution in [2.45, 2.75) is 0 Å². The predicted molar refractivity (Wildman–Crippen MR) is 130 cm³/mol. The highest BCUT2D eigenvalue weighted by atomic mass is 32.1. The largest absolute Gasteiger partial charge is 0.296 e. The lowest BCUT2D eigenvalue weighted by atomic mass is 10.2. The van der Waals surface area contributed by atoms with Gasteiger partial charge in [0.2, 0.25) is 5.71 Å². The zero-order chi connectivity index (χ0) is 22.9. The number of anilines is 2. The van der Waals surface area contributed by atoms with Gasteiger partial charge in [-0.05, 0) is 24.3 Å². The van der Waals surface area contributed by atoms with Crippen LogP contribution in [0.15, 0.2) is 106 Å². The average Bonchev–Trinajstić information content (AvgIpc) is 3.27. The Morgan fingerprint density at radius 1 is 0.879 bits per heavy atom. The quantitative estimate of drug-likeness (QED) is 0.199. The zero-order valence-electron chi connectivity index (χ0n) is 17.2. The van der Waals surface area contributed by atoms with E-state index in [4.69, 9.17) is 0 Å². The summed E-state index contributed by atoms with van der Waals surface area (Å²) in [6.45, 7) is 0. The molecule has 0 aliphatic carbocycles. The van der Waals surface area contributed by atoms with Gasteiger partial charge in [0.15, 0.2) is 10.1 Å². The van der Waals surface area contributed by atoms with Crippen molar-refractivity contribution >= 4 is 44.5 Å². The Morgan fingerprint density at radius 3 is 2.18 bits per heavy atom. The number of benzene rings is 3. The van der Waals surface area contributed by atoms with Gasteiger partial charge in [-0.1, -0.05) is 78.1 Å². The van der Waals surface area contributed by atoms with Crippen LogP contribution in [-0.4, -0.2) is 16.6 Å². The topological polar surface area (TPSA) is 115 Å². The van der Waals surface area contributed by atoms with Crippen LogP contribution in [0.3, 0.4) is 0 Å². The molecule has 0 aliphatic rings. The molecule has 160 valence electrons. The van der Waals surface area contributed by atoms with Crippen LogP contribution in [0, 0.1) is 11.3 Å². The molecule has 0 unspecified atom stereocenters. The molecule has 4 rings (SSSR count). The van der Waals surface area contributed by atoms with E-state index in [0.717, 1.165) is 16.9 Å². The van der Waals surface area contributed by atoms with E-state index in [0.29, 0.717) is 22.1 Å². The lowest BCUT2D eigenvalue weighted by Crippen LogP contribution is -2.22. The minimum absolute atomic E-state index is 0.281. The third-order valence-corrected chi connectivity index (χ3v) is 5.14. The van der Waals surface area contributed by atoms with Crippen molar-refractivity contribution < 1.29 is 4.79 Å². The van der Waals surface area contributed by atoms with E-state index in [1.165, 1.54) is 0 Å². The van der Waals surface area contributed by atoms with E-state index < -0.39 is 5.91 Å². The maximum absolute atomic E-state index is 12.6. The van der Waals surface area contributed by atoms with Crippen LogP contribution in [0.5, 0.6) is 0 Å². The highest BCUT2D eigenvalue weighted by molar-refractivity contribution is 7.20. The highest BCUT2D eigenvalue weighted by Gasteiger charge is 2.18. The van der Waals surface area contributed by atoms with Crippen LogP contribution in [-0.2, 0) is 4.79 Å². The second kappa shape index (κ2) is 10.6. The molecular weight excluding hydrogens is 434 g/mol. The summed E-state index contributed by atoms with van der Waals surface area (Å²) in [5.41, 5.74) is 5.12. The molecule has 0 saturated heterocycles. The highest BCUT2D eigenvalue weighted by Crippen LogP contribution is 2.39. The van der Waals surface area contributed by atoms with Gasteiger partial charge in [0.05, 0.1) is 11.4 Å². The van der Waals surface area contributed by atoms with E-state index in [1.807, 2.05) is 78.9 Å². The Kier molecular flexibility index (Phi) is 6.90. The fourth-order valence-corrected chi connectivity index (χ4v) is 3.54. The first-order chi connectivity index (χ1) is 16.2. The number of carbonyl (C=O) groups excluding carboxylic acids is 1. The standard InChI is InChI=1S/C24H17N7OS/c25-16-20(30-28-18-12-6-2-7-13-18)22(32)27-24-26-21(17-10-4-1-5-11-17)23(33-24)31-29-19-14-8-3-9-15-19/h1-15,28H,(H,26,27,32)/b30-20+,31-29?. The molecule has 0 saturated carbocycles. The molecule has 9 heteroatoms. The van der Waals surface area contributed by atoms with Crippen molar-refractivity contribution in [3.8, 4) is 17.3 Å². The van der Waals surface area contributed by atoms with Gasteiger partial charge in [-0.3, -0.25) is 15.5 Å². The second-order valence-electron chi connectivity index (χ2n) is 6.58. The van der Waals surface area contributed by atoms with Crippen LogP contribution >= 0.6 is 11.3 Å². The lowest BCUT2D eigenvalue weighted by molar-refractivity contribution is -0.110. The molecule has 0 spiro atoms. The number of aromatic nitrogens is 1. The number of nitrogens with one attached hydrogen (secondary N) is 2. The number of rotatable bonds is 7. The normalized spacial score (nSPS) is 11.2. The van der Waals surface area contributed by atoms with Gasteiger partial charge >= 0.3 is 0 Å². The van der Waals surface area contributed by atoms with E-state index >= 15 is 0 Å². The van der Waals surface area contributed by atoms with Crippen LogP contribution in [0.1, 0.15) is 0 Å². The Hall–Kier alpha value is -4.68. The molecule has 0 fully saturated rings. The maximum Gasteiger partial charge on any atom is 0.288 e. The molecule has 0 radical (unpaired) electrons. The van der Waals surface area contributed by atoms with Crippen molar-refractivity contribution in [1.82, 2.24) is 4.98 Å². The molecule has 0 bridgehead atoms. The van der Waals surface area contributed by atoms with Gasteiger partial charge in [-0.25, -0.2) is 4.98 Å². The fourth-order valence-electron chi connectivity index (χ4n) is 2.73. The van der Waals surface area contributed by atoms with Crippen molar-refractivity contribution in [3.63, 3.8) is 0 Å². The summed E-state index contributed by atoms with van der Waals surface area (Å²) < 4.78 is 0. The summed E-state index contributed by atoms with van der Waals surface area (Å²) in [6, 6.07) is 29.6. The molecule has 0 atom stereocenters. The number of nitrogens with zero attached hydrogens (tertiary/aromatic N) is 5. The summed E-state index contributed by atoms with van der Waals surface area (Å²) >= 11 is 1.16. The van der Waals surface area contributed by atoms with Crippen molar-refractivity contribution in [1.29, 1.82) is 5.26 Å². The molecule has 33 heavy (non-hydrogen) atoms. The van der Waals surface area contributed by atoms with E-state index in [2.05, 4.69) is 31.1 Å². The fraction of sp³-hybridized carbons (Fsp3) is 0. The molecule has 4 aromatic rings. The van der Waals surface area contributed by atoms with Gasteiger partial charge in [-0.15, -0.1) is 10.2 Å². The van der Waals surface area contributed by atoms with Crippen molar-refractivity contribution in [3.05, 3.63) is 91.0 Å². The van der Waals surface area contributed by atoms with E-state index in [9.17, 15) is 10.1 Å². The van der Waals surface area contributed by atoms with Crippen LogP contribution < -0.4 is 10.7 Å². The number of hydrogen-bond donors (Lipinski definition) is 2. The third kappa shape index (κ3) is 5.72. The van der Waals surface area contributed by atoms with Gasteiger partial charge in [0.1, 0.15) is 11.8 Å². The van der Waals surface area contributed by atoms with Gasteiger partial charge < -0.3 is 0 Å². The molecule has 1 amide bonds. The van der Waals surface area contributed by atoms with Crippen molar-refractivity contribution in [2.24, 2.45) is 15.3 Å². The first-order valence-corrected chi connectivity index (χ1v) is 10.7. The average molecular weight is 452 g/mol. The second-order valence-corrected chi connectivity index (χ2v) is 7.56. The predicted octanol–water partition coefficient (Wildman–Crippen LogP) is 6.16. The summed E-state index contributed by atoms with van der Waals surface area (Å²) in [5, 5.41) is 25.3. The SMILES string of the molecule is N#C/C(=N\Nc1ccccc1)C(=O)Nc1nc(-c2ccccc2)c(N=Nc2ccccc2)s1. The smallest absolute Gasteiger partial charge is 0.288 e. The minimum atomic E-state index is -0.680. The van der Waals surface area contributed by atoms with Crippen LogP contribution in [0.2, 0.25) is 0 Å². The number of hydrazone groups is 1. The summed E-state index contributed by atoms with van der Waals surface area (Å²) in [4.78, 5) is 17.1. The van der Waals surface area contributed by atoms with Crippen LogP contribution in [0.25, 0.3) is 11.3 Å². The monoisotopic (exact) mass is 451 g/mol. The summed E-state index contributed by atoms with van der Waals surface area (Å²) in [6.07, 6.45) is 0. The summed E-state index contributed by atoms with van der Waals surface area (Å²) in [5.74, 6) is -0.680. The van der Waals surface area contributed by atoms with Gasteiger partial charge in [-0.2, -0.15) is 10.4 Å². The number of nitriles is 1. The van der Waals surface area contributed by atoms with E-state index in [1.54, 1.807) is 18.2 Å². The third-order valence-electron chi connectivity index (χ3n) is 4.28. The molecule has 0 aliphatic heterocycles. The number of amides is 1. The number of azo groups is 1. The van der Waals surface area contributed by atoms with Crippen LogP contribution in [0.4, 0.5) is 21.5 Å². The number of hydrogen-bond acceptors (Lipinski definition) is 8. The molecule has 3 aromatic carbocycles. The molecule has 1 heterocycles. The Morgan fingerprint density at radius 2 is 1.52 bits per heavy atom. The lowest BCUT2D eigenvalue weighted by Gasteiger charge is -2.01. The first kappa shape index (κ1) is 21.5. The number of para-hydroxylation sites is 1. The maximum atomic E-state index is 12.6. The molecule has 8 nitrogen and oxygen atoms in total. The number of thiazole rings is 1.